The maximum Gasteiger partial charge on any atom is 0.326 e. The van der Waals surface area contributed by atoms with Crippen molar-refractivity contribution < 1.29 is 19.4 Å². The predicted molar refractivity (Wildman–Crippen MR) is 81.5 cm³/mol. The Hall–Kier alpha value is -1.10. The van der Waals surface area contributed by atoms with Gasteiger partial charge in [0.05, 0.1) is 6.10 Å². The van der Waals surface area contributed by atoms with Crippen LogP contribution in [0, 0.1) is 5.92 Å². The summed E-state index contributed by atoms with van der Waals surface area (Å²) in [5, 5.41) is 9.48. The second-order valence-electron chi connectivity index (χ2n) is 7.03. The Morgan fingerprint density at radius 2 is 1.86 bits per heavy atom. The number of carbonyl (C=O) groups excluding carboxylic acids is 1. The second-order valence-corrected chi connectivity index (χ2v) is 7.03. The lowest BCUT2D eigenvalue weighted by Gasteiger charge is -2.33. The fourth-order valence-electron chi connectivity index (χ4n) is 4.49. The van der Waals surface area contributed by atoms with E-state index in [4.69, 9.17) is 4.74 Å². The number of hydrogen-bond donors (Lipinski definition) is 1. The molecule has 1 amide bonds. The Kier molecular flexibility index (Phi) is 5.01. The molecule has 0 aromatic rings. The normalized spacial score (nSPS) is 35.2. The van der Waals surface area contributed by atoms with Gasteiger partial charge in [-0.15, -0.1) is 0 Å². The smallest absolute Gasteiger partial charge is 0.326 e. The zero-order chi connectivity index (χ0) is 15.5. The molecule has 0 spiro atoms. The summed E-state index contributed by atoms with van der Waals surface area (Å²) < 4.78 is 5.68. The molecule has 1 N–H and O–H groups in total. The summed E-state index contributed by atoms with van der Waals surface area (Å²) in [6, 6.07) is -0.442. The number of hydrogen-bond acceptors (Lipinski definition) is 3. The van der Waals surface area contributed by atoms with Crippen LogP contribution >= 0.6 is 0 Å². The molecular formula is C17H27NO4. The lowest BCUT2D eigenvalue weighted by atomic mass is 9.84. The van der Waals surface area contributed by atoms with Crippen LogP contribution in [0.15, 0.2) is 0 Å². The van der Waals surface area contributed by atoms with Gasteiger partial charge in [0.1, 0.15) is 6.04 Å². The molecule has 2 heterocycles. The van der Waals surface area contributed by atoms with E-state index in [-0.39, 0.29) is 18.1 Å². The average molecular weight is 309 g/mol. The Bertz CT molecular complexity index is 419. The molecular weight excluding hydrogens is 282 g/mol. The Balaban J connectivity index is 1.61. The van der Waals surface area contributed by atoms with E-state index in [2.05, 4.69) is 0 Å². The van der Waals surface area contributed by atoms with Gasteiger partial charge in [0, 0.05) is 19.1 Å². The first-order valence-corrected chi connectivity index (χ1v) is 8.82. The number of carbonyl (C=O) groups is 2. The molecule has 0 bridgehead atoms. The van der Waals surface area contributed by atoms with Crippen LogP contribution < -0.4 is 0 Å². The molecule has 5 heteroatoms. The second kappa shape index (κ2) is 6.99. The van der Waals surface area contributed by atoms with Crippen LogP contribution in [0.25, 0.3) is 0 Å². The van der Waals surface area contributed by atoms with Crippen molar-refractivity contribution >= 4 is 11.9 Å². The van der Waals surface area contributed by atoms with Crippen LogP contribution in [-0.2, 0) is 14.3 Å². The first-order valence-electron chi connectivity index (χ1n) is 8.82. The van der Waals surface area contributed by atoms with Crippen LogP contribution in [0.4, 0.5) is 0 Å². The highest BCUT2D eigenvalue weighted by molar-refractivity contribution is 5.84. The van der Waals surface area contributed by atoms with Crippen LogP contribution in [0.1, 0.15) is 64.2 Å². The summed E-state index contributed by atoms with van der Waals surface area (Å²) in [4.78, 5) is 25.9. The maximum absolute atomic E-state index is 12.7. The minimum atomic E-state index is -0.836. The van der Waals surface area contributed by atoms with Crippen molar-refractivity contribution in [3.8, 4) is 0 Å². The molecule has 2 aliphatic heterocycles. The van der Waals surface area contributed by atoms with Crippen molar-refractivity contribution in [1.82, 2.24) is 4.90 Å². The number of nitrogens with zero attached hydrogens (tertiary/aromatic N) is 1. The number of likely N-dealkylation sites (tertiary alicyclic amines) is 1. The molecule has 3 aliphatic rings. The number of ether oxygens (including phenoxy) is 1. The molecule has 0 unspecified atom stereocenters. The van der Waals surface area contributed by atoms with E-state index in [9.17, 15) is 14.7 Å². The third-order valence-electron chi connectivity index (χ3n) is 5.62. The number of amides is 1. The van der Waals surface area contributed by atoms with Gasteiger partial charge in [-0.2, -0.15) is 0 Å². The van der Waals surface area contributed by atoms with Gasteiger partial charge in [0.25, 0.3) is 0 Å². The SMILES string of the molecule is O=C(O)[C@@H]1C[C@@H]2CCCC[C@@H]2N1C(=O)CC[C@@H]1CCCCO1. The summed E-state index contributed by atoms with van der Waals surface area (Å²) in [6.07, 6.45) is 9.64. The van der Waals surface area contributed by atoms with E-state index in [0.717, 1.165) is 45.1 Å². The van der Waals surface area contributed by atoms with Crippen LogP contribution in [0.2, 0.25) is 0 Å². The summed E-state index contributed by atoms with van der Waals surface area (Å²) in [5.74, 6) is -0.419. The van der Waals surface area contributed by atoms with E-state index in [0.29, 0.717) is 18.8 Å². The number of carboxylic acids is 1. The number of aliphatic carboxylic acids is 1. The topological polar surface area (TPSA) is 66.8 Å². The molecule has 2 saturated heterocycles. The highest BCUT2D eigenvalue weighted by atomic mass is 16.5. The zero-order valence-corrected chi connectivity index (χ0v) is 13.2. The van der Waals surface area contributed by atoms with Crippen LogP contribution in [0.3, 0.4) is 0 Å². The summed E-state index contributed by atoms with van der Waals surface area (Å²) >= 11 is 0. The Morgan fingerprint density at radius 1 is 1.09 bits per heavy atom. The van der Waals surface area contributed by atoms with Crippen molar-refractivity contribution in [2.45, 2.75) is 82.4 Å². The molecule has 22 heavy (non-hydrogen) atoms. The standard InChI is InChI=1S/C17H27NO4/c19-16(9-8-13-6-3-4-10-22-13)18-14-7-2-1-5-12(14)11-15(18)17(20)21/h12-15H,1-11H2,(H,20,21)/t12-,13-,14-,15-/m0/s1. The minimum absolute atomic E-state index is 0.0240. The van der Waals surface area contributed by atoms with E-state index in [1.807, 2.05) is 0 Å². The molecule has 1 saturated carbocycles. The Morgan fingerprint density at radius 3 is 2.59 bits per heavy atom. The van der Waals surface area contributed by atoms with Gasteiger partial charge in [0.15, 0.2) is 0 Å². The molecule has 4 atom stereocenters. The molecule has 3 rings (SSSR count). The monoisotopic (exact) mass is 309 g/mol. The van der Waals surface area contributed by atoms with Gasteiger partial charge in [-0.1, -0.05) is 12.8 Å². The first-order chi connectivity index (χ1) is 10.7. The summed E-state index contributed by atoms with van der Waals surface area (Å²) in [7, 11) is 0. The third-order valence-corrected chi connectivity index (χ3v) is 5.62. The molecule has 0 aromatic heterocycles. The van der Waals surface area contributed by atoms with Gasteiger partial charge in [-0.25, -0.2) is 4.79 Å². The number of rotatable bonds is 4. The van der Waals surface area contributed by atoms with Gasteiger partial charge in [-0.3, -0.25) is 4.79 Å². The highest BCUT2D eigenvalue weighted by Gasteiger charge is 2.47. The van der Waals surface area contributed by atoms with E-state index >= 15 is 0 Å². The van der Waals surface area contributed by atoms with Crippen molar-refractivity contribution in [2.24, 2.45) is 5.92 Å². The molecule has 1 aliphatic carbocycles. The first kappa shape index (κ1) is 15.8. The largest absolute Gasteiger partial charge is 0.480 e. The van der Waals surface area contributed by atoms with E-state index < -0.39 is 12.0 Å². The minimum Gasteiger partial charge on any atom is -0.480 e. The van der Waals surface area contributed by atoms with Crippen LogP contribution in [-0.4, -0.2) is 46.7 Å². The van der Waals surface area contributed by atoms with Crippen molar-refractivity contribution in [3.63, 3.8) is 0 Å². The predicted octanol–water partition coefficient (Wildman–Crippen LogP) is 2.58. The lowest BCUT2D eigenvalue weighted by Crippen LogP contribution is -2.46. The fraction of sp³-hybridized carbons (Fsp3) is 0.882. The Labute approximate surface area is 132 Å². The van der Waals surface area contributed by atoms with Gasteiger partial charge in [0.2, 0.25) is 5.91 Å². The molecule has 0 radical (unpaired) electrons. The van der Waals surface area contributed by atoms with Gasteiger partial charge >= 0.3 is 5.97 Å². The lowest BCUT2D eigenvalue weighted by molar-refractivity contribution is -0.150. The maximum atomic E-state index is 12.7. The van der Waals surface area contributed by atoms with Crippen molar-refractivity contribution in [3.05, 3.63) is 0 Å². The van der Waals surface area contributed by atoms with E-state index in [1.54, 1.807) is 4.90 Å². The van der Waals surface area contributed by atoms with Crippen molar-refractivity contribution in [2.75, 3.05) is 6.61 Å². The third kappa shape index (κ3) is 3.29. The number of fused-ring (bicyclic) bond motifs is 1. The molecule has 0 aromatic carbocycles. The summed E-state index contributed by atoms with van der Waals surface area (Å²) in [6.45, 7) is 0.797. The van der Waals surface area contributed by atoms with Crippen LogP contribution in [0.5, 0.6) is 0 Å². The van der Waals surface area contributed by atoms with Gasteiger partial charge in [-0.05, 0) is 50.9 Å². The van der Waals surface area contributed by atoms with Gasteiger partial charge < -0.3 is 14.7 Å². The quantitative estimate of drug-likeness (QED) is 0.867. The molecule has 124 valence electrons. The summed E-state index contributed by atoms with van der Waals surface area (Å²) in [5.41, 5.74) is 0. The zero-order valence-electron chi connectivity index (χ0n) is 13.2. The molecule has 5 nitrogen and oxygen atoms in total. The van der Waals surface area contributed by atoms with E-state index in [1.165, 1.54) is 12.8 Å². The molecule has 3 fully saturated rings. The average Bonchev–Trinajstić information content (AvgIpc) is 2.93. The fourth-order valence-corrected chi connectivity index (χ4v) is 4.49. The van der Waals surface area contributed by atoms with Crippen molar-refractivity contribution in [1.29, 1.82) is 0 Å². The highest BCUT2D eigenvalue weighted by Crippen LogP contribution is 2.40. The number of carboxylic acid groups (broad SMARTS) is 1.